The summed E-state index contributed by atoms with van der Waals surface area (Å²) in [5.41, 5.74) is 0. The SMILES string of the molecule is COC(C)CNC(=O)CC(=O)O. The van der Waals surface area contributed by atoms with Crippen LogP contribution in [-0.4, -0.2) is 36.7 Å². The number of methoxy groups -OCH3 is 1. The van der Waals surface area contributed by atoms with Gasteiger partial charge in [-0.1, -0.05) is 0 Å². The number of ether oxygens (including phenoxy) is 1. The van der Waals surface area contributed by atoms with Crippen LogP contribution in [0.5, 0.6) is 0 Å². The molecule has 0 fully saturated rings. The van der Waals surface area contributed by atoms with E-state index in [2.05, 4.69) is 5.32 Å². The fraction of sp³-hybridized carbons (Fsp3) is 0.714. The van der Waals surface area contributed by atoms with Crippen LogP contribution in [0.1, 0.15) is 13.3 Å². The van der Waals surface area contributed by atoms with Crippen molar-refractivity contribution in [2.24, 2.45) is 0 Å². The summed E-state index contributed by atoms with van der Waals surface area (Å²) in [6, 6.07) is 0. The number of carbonyl (C=O) groups is 2. The smallest absolute Gasteiger partial charge is 0.312 e. The van der Waals surface area contributed by atoms with E-state index in [4.69, 9.17) is 9.84 Å². The largest absolute Gasteiger partial charge is 0.481 e. The van der Waals surface area contributed by atoms with E-state index in [9.17, 15) is 9.59 Å². The molecule has 5 heteroatoms. The van der Waals surface area contributed by atoms with E-state index in [1.54, 1.807) is 6.92 Å². The Morgan fingerprint density at radius 1 is 1.58 bits per heavy atom. The second kappa shape index (κ2) is 5.54. The van der Waals surface area contributed by atoms with Gasteiger partial charge in [-0.3, -0.25) is 9.59 Å². The maximum Gasteiger partial charge on any atom is 0.312 e. The quantitative estimate of drug-likeness (QED) is 0.558. The summed E-state index contributed by atoms with van der Waals surface area (Å²) >= 11 is 0. The zero-order valence-corrected chi connectivity index (χ0v) is 7.16. The van der Waals surface area contributed by atoms with Crippen LogP contribution >= 0.6 is 0 Å². The molecule has 0 aromatic carbocycles. The standard InChI is InChI=1S/C7H13NO4/c1-5(12-2)4-8-6(9)3-7(10)11/h5H,3-4H2,1-2H3,(H,8,9)(H,10,11). The third-order valence-electron chi connectivity index (χ3n) is 1.30. The van der Waals surface area contributed by atoms with Crippen molar-refractivity contribution in [3.8, 4) is 0 Å². The summed E-state index contributed by atoms with van der Waals surface area (Å²) < 4.78 is 4.84. The summed E-state index contributed by atoms with van der Waals surface area (Å²) in [5, 5.41) is 10.6. The van der Waals surface area contributed by atoms with Crippen molar-refractivity contribution in [3.05, 3.63) is 0 Å². The number of hydrogen-bond donors (Lipinski definition) is 2. The number of amides is 1. The van der Waals surface area contributed by atoms with Crippen molar-refractivity contribution in [1.82, 2.24) is 5.32 Å². The van der Waals surface area contributed by atoms with Crippen LogP contribution in [0.15, 0.2) is 0 Å². The normalized spacial score (nSPS) is 12.2. The van der Waals surface area contributed by atoms with Gasteiger partial charge in [0.05, 0.1) is 6.10 Å². The molecule has 1 amide bonds. The summed E-state index contributed by atoms with van der Waals surface area (Å²) in [5.74, 6) is -1.62. The van der Waals surface area contributed by atoms with Gasteiger partial charge in [0.25, 0.3) is 0 Å². The minimum atomic E-state index is -1.13. The van der Waals surface area contributed by atoms with Crippen LogP contribution in [0.25, 0.3) is 0 Å². The summed E-state index contributed by atoms with van der Waals surface area (Å²) in [7, 11) is 1.52. The van der Waals surface area contributed by atoms with E-state index in [-0.39, 0.29) is 6.10 Å². The highest BCUT2D eigenvalue weighted by atomic mass is 16.5. The molecule has 0 rings (SSSR count). The molecule has 70 valence electrons. The Balaban J connectivity index is 3.50. The molecule has 0 aliphatic heterocycles. The summed E-state index contributed by atoms with van der Waals surface area (Å²) in [6.07, 6.45) is -0.584. The molecule has 1 unspecified atom stereocenters. The number of carboxylic acids is 1. The van der Waals surface area contributed by atoms with Crippen molar-refractivity contribution in [3.63, 3.8) is 0 Å². The Kier molecular flexibility index (Phi) is 5.03. The predicted octanol–water partition coefficient (Wildman–Crippen LogP) is -0.388. The molecule has 0 aromatic heterocycles. The van der Waals surface area contributed by atoms with Gasteiger partial charge in [-0.2, -0.15) is 0 Å². The Hall–Kier alpha value is -1.10. The Bertz CT molecular complexity index is 169. The maximum absolute atomic E-state index is 10.7. The molecular formula is C7H13NO4. The van der Waals surface area contributed by atoms with Crippen molar-refractivity contribution in [2.45, 2.75) is 19.4 Å². The Labute approximate surface area is 70.7 Å². The second-order valence-electron chi connectivity index (χ2n) is 2.42. The van der Waals surface area contributed by atoms with E-state index in [1.165, 1.54) is 7.11 Å². The third kappa shape index (κ3) is 5.67. The molecule has 12 heavy (non-hydrogen) atoms. The van der Waals surface area contributed by atoms with Gasteiger partial charge in [0.2, 0.25) is 5.91 Å². The van der Waals surface area contributed by atoms with E-state index in [0.29, 0.717) is 6.54 Å². The van der Waals surface area contributed by atoms with Crippen molar-refractivity contribution < 1.29 is 19.4 Å². The number of hydrogen-bond acceptors (Lipinski definition) is 3. The first-order valence-corrected chi connectivity index (χ1v) is 3.57. The molecule has 2 N–H and O–H groups in total. The average molecular weight is 175 g/mol. The summed E-state index contributed by atoms with van der Waals surface area (Å²) in [6.45, 7) is 2.11. The molecule has 0 saturated carbocycles. The van der Waals surface area contributed by atoms with Gasteiger partial charge >= 0.3 is 5.97 Å². The van der Waals surface area contributed by atoms with E-state index < -0.39 is 18.3 Å². The van der Waals surface area contributed by atoms with Gasteiger partial charge in [0.1, 0.15) is 6.42 Å². The predicted molar refractivity (Wildman–Crippen MR) is 41.7 cm³/mol. The Morgan fingerprint density at radius 3 is 2.58 bits per heavy atom. The van der Waals surface area contributed by atoms with Crippen molar-refractivity contribution in [1.29, 1.82) is 0 Å². The van der Waals surface area contributed by atoms with Gasteiger partial charge in [0.15, 0.2) is 0 Å². The molecule has 0 aliphatic carbocycles. The Morgan fingerprint density at radius 2 is 2.17 bits per heavy atom. The van der Waals surface area contributed by atoms with Crippen LogP contribution < -0.4 is 5.32 Å². The van der Waals surface area contributed by atoms with Gasteiger partial charge in [-0.25, -0.2) is 0 Å². The zero-order chi connectivity index (χ0) is 9.56. The topological polar surface area (TPSA) is 75.6 Å². The lowest BCUT2D eigenvalue weighted by molar-refractivity contribution is -0.140. The van der Waals surface area contributed by atoms with Crippen LogP contribution in [0.3, 0.4) is 0 Å². The molecule has 5 nitrogen and oxygen atoms in total. The average Bonchev–Trinajstić information content (AvgIpc) is 1.99. The maximum atomic E-state index is 10.7. The minimum absolute atomic E-state index is 0.0947. The second-order valence-corrected chi connectivity index (χ2v) is 2.42. The molecule has 0 saturated heterocycles. The van der Waals surface area contributed by atoms with E-state index in [1.807, 2.05) is 0 Å². The van der Waals surface area contributed by atoms with Gasteiger partial charge in [-0.15, -0.1) is 0 Å². The lowest BCUT2D eigenvalue weighted by Gasteiger charge is -2.09. The van der Waals surface area contributed by atoms with Crippen LogP contribution in [0.2, 0.25) is 0 Å². The van der Waals surface area contributed by atoms with E-state index in [0.717, 1.165) is 0 Å². The first-order chi connectivity index (χ1) is 5.56. The zero-order valence-electron chi connectivity index (χ0n) is 7.16. The highest BCUT2D eigenvalue weighted by molar-refractivity contribution is 5.93. The van der Waals surface area contributed by atoms with Crippen molar-refractivity contribution in [2.75, 3.05) is 13.7 Å². The van der Waals surface area contributed by atoms with Crippen LogP contribution in [0.4, 0.5) is 0 Å². The molecular weight excluding hydrogens is 162 g/mol. The molecule has 0 aromatic rings. The highest BCUT2D eigenvalue weighted by Gasteiger charge is 2.07. The van der Waals surface area contributed by atoms with Crippen LogP contribution in [0, 0.1) is 0 Å². The molecule has 0 heterocycles. The van der Waals surface area contributed by atoms with E-state index >= 15 is 0 Å². The lowest BCUT2D eigenvalue weighted by Crippen LogP contribution is -2.32. The van der Waals surface area contributed by atoms with Crippen molar-refractivity contribution >= 4 is 11.9 Å². The fourth-order valence-electron chi connectivity index (χ4n) is 0.541. The monoisotopic (exact) mass is 175 g/mol. The number of carbonyl (C=O) groups excluding carboxylic acids is 1. The first kappa shape index (κ1) is 10.9. The van der Waals surface area contributed by atoms with Crippen LogP contribution in [-0.2, 0) is 14.3 Å². The van der Waals surface area contributed by atoms with Gasteiger partial charge < -0.3 is 15.2 Å². The molecule has 0 radical (unpaired) electrons. The molecule has 0 aliphatic rings. The fourth-order valence-corrected chi connectivity index (χ4v) is 0.541. The molecule has 1 atom stereocenters. The highest BCUT2D eigenvalue weighted by Crippen LogP contribution is 1.85. The third-order valence-corrected chi connectivity index (χ3v) is 1.30. The number of rotatable bonds is 5. The van der Waals surface area contributed by atoms with Gasteiger partial charge in [-0.05, 0) is 6.92 Å². The first-order valence-electron chi connectivity index (χ1n) is 3.57. The minimum Gasteiger partial charge on any atom is -0.481 e. The summed E-state index contributed by atoms with van der Waals surface area (Å²) in [4.78, 5) is 20.8. The molecule has 0 bridgehead atoms. The number of nitrogens with one attached hydrogen (secondary N) is 1. The lowest BCUT2D eigenvalue weighted by atomic mass is 10.3. The molecule has 0 spiro atoms. The number of carboxylic acid groups (broad SMARTS) is 1. The number of aliphatic carboxylic acids is 1. The van der Waals surface area contributed by atoms with Gasteiger partial charge in [0, 0.05) is 13.7 Å².